The molecule has 0 fully saturated rings. The van der Waals surface area contributed by atoms with Crippen LogP contribution in [0.25, 0.3) is 0 Å². The molecule has 1 aromatic rings. The zero-order valence-corrected chi connectivity index (χ0v) is 23.3. The average Bonchev–Trinajstić information content (AvgIpc) is 2.69. The predicted octanol–water partition coefficient (Wildman–Crippen LogP) is 9.45. The Morgan fingerprint density at radius 3 is 1.41 bits per heavy atom. The van der Waals surface area contributed by atoms with E-state index in [2.05, 4.69) is 31.6 Å². The number of carbonyl (C=O) groups is 1. The third-order valence-corrected chi connectivity index (χ3v) is 6.23. The SMILES string of the molecule is CCCCCCCCCCCCCCCC(=O)Oc1ccc([S+](C)C)cc1.F[As-](F)(F)(F)(F)F. The number of hydrogen-bond donors (Lipinski definition) is 0. The van der Waals surface area contributed by atoms with Gasteiger partial charge in [0.1, 0.15) is 18.3 Å². The first-order chi connectivity index (χ1) is 15.6. The van der Waals surface area contributed by atoms with Gasteiger partial charge in [0.25, 0.3) is 0 Å². The molecule has 0 spiro atoms. The number of benzene rings is 1. The van der Waals surface area contributed by atoms with Crippen LogP contribution in [0.4, 0.5) is 20.8 Å². The Hall–Kier alpha value is -0.822. The first kappa shape index (κ1) is 33.2. The van der Waals surface area contributed by atoms with Gasteiger partial charge in [0, 0.05) is 17.3 Å². The summed E-state index contributed by atoms with van der Waals surface area (Å²) in [6, 6.07) is 7.92. The number of rotatable bonds is 16. The van der Waals surface area contributed by atoms with Gasteiger partial charge in [-0.15, -0.1) is 0 Å². The van der Waals surface area contributed by atoms with Gasteiger partial charge in [0.2, 0.25) is 0 Å². The van der Waals surface area contributed by atoms with Gasteiger partial charge in [0.05, 0.1) is 0 Å². The Labute approximate surface area is 205 Å². The summed E-state index contributed by atoms with van der Waals surface area (Å²) in [6.07, 6.45) is 22.1. The van der Waals surface area contributed by atoms with Crippen LogP contribution in [0.5, 0.6) is 5.75 Å². The molecule has 0 saturated heterocycles. The van der Waals surface area contributed by atoms with Crippen molar-refractivity contribution in [2.24, 2.45) is 0 Å². The Morgan fingerprint density at radius 1 is 0.706 bits per heavy atom. The molecule has 2 nitrogen and oxygen atoms in total. The number of hydrogen-bond acceptors (Lipinski definition) is 2. The molecule has 0 bridgehead atoms. The van der Waals surface area contributed by atoms with Crippen molar-refractivity contribution in [2.75, 3.05) is 12.5 Å². The van der Waals surface area contributed by atoms with Gasteiger partial charge in [-0.3, -0.25) is 4.79 Å². The van der Waals surface area contributed by atoms with Crippen LogP contribution in [-0.2, 0) is 15.7 Å². The van der Waals surface area contributed by atoms with Crippen LogP contribution >= 0.6 is 0 Å². The second kappa shape index (κ2) is 15.3. The molecule has 1 aromatic carbocycles. The van der Waals surface area contributed by atoms with E-state index in [4.69, 9.17) is 4.74 Å². The first-order valence-corrected chi connectivity index (χ1v) is 18.3. The van der Waals surface area contributed by atoms with Crippen molar-refractivity contribution in [1.82, 2.24) is 0 Å². The molecule has 1 rings (SSSR count). The van der Waals surface area contributed by atoms with Crippen molar-refractivity contribution in [1.29, 1.82) is 0 Å². The predicted molar refractivity (Wildman–Crippen MR) is 132 cm³/mol. The van der Waals surface area contributed by atoms with Gasteiger partial charge >= 0.3 is 40.9 Å². The molecule has 202 valence electrons. The second-order valence-corrected chi connectivity index (χ2v) is 14.8. The second-order valence-electron chi connectivity index (χ2n) is 8.71. The van der Waals surface area contributed by atoms with Gasteiger partial charge in [-0.2, -0.15) is 0 Å². The maximum absolute atomic E-state index is 11.9. The molecular weight excluding hydrogens is 541 g/mol. The van der Waals surface area contributed by atoms with E-state index >= 15 is 0 Å². The quantitative estimate of drug-likeness (QED) is 0.0485. The molecule has 0 aliphatic rings. The molecule has 0 aliphatic carbocycles. The van der Waals surface area contributed by atoms with Crippen molar-refractivity contribution in [3.05, 3.63) is 24.3 Å². The molecule has 0 aliphatic heterocycles. The summed E-state index contributed by atoms with van der Waals surface area (Å²) in [5, 5.41) is 0. The third kappa shape index (κ3) is 27.4. The van der Waals surface area contributed by atoms with Crippen LogP contribution < -0.4 is 4.74 Å². The molecule has 0 N–H and O–H groups in total. The summed E-state index contributed by atoms with van der Waals surface area (Å²) in [7, 11) is 0.246. The topological polar surface area (TPSA) is 26.3 Å². The molecule has 0 saturated carbocycles. The van der Waals surface area contributed by atoms with Crippen molar-refractivity contribution in [3.63, 3.8) is 0 Å². The molecule has 0 radical (unpaired) electrons. The number of unbranched alkanes of at least 4 members (excludes halogenated alkanes) is 12. The zero-order valence-electron chi connectivity index (χ0n) is 20.6. The van der Waals surface area contributed by atoms with E-state index in [9.17, 15) is 25.6 Å². The number of carbonyl (C=O) groups excluding carboxylic acids is 1. The fourth-order valence-corrected chi connectivity index (χ4v) is 3.93. The van der Waals surface area contributed by atoms with Crippen LogP contribution in [0.1, 0.15) is 96.8 Å². The van der Waals surface area contributed by atoms with Crippen LogP contribution in [-0.4, -0.2) is 32.7 Å². The Morgan fingerprint density at radius 2 is 1.06 bits per heavy atom. The van der Waals surface area contributed by atoms with E-state index in [1.54, 1.807) is 0 Å². The van der Waals surface area contributed by atoms with E-state index in [-0.39, 0.29) is 16.9 Å². The number of halogens is 6. The zero-order chi connectivity index (χ0) is 26.2. The summed E-state index contributed by atoms with van der Waals surface area (Å²) in [4.78, 5) is 13.2. The summed E-state index contributed by atoms with van der Waals surface area (Å²) in [5.41, 5.74) is 0. The molecular formula is C24H41AsF6O2S. The van der Waals surface area contributed by atoms with E-state index in [1.807, 2.05) is 12.1 Å². The molecule has 0 unspecified atom stereocenters. The van der Waals surface area contributed by atoms with Gasteiger partial charge < -0.3 is 4.74 Å². The molecule has 0 heterocycles. The van der Waals surface area contributed by atoms with Gasteiger partial charge in [-0.1, -0.05) is 84.0 Å². The van der Waals surface area contributed by atoms with Gasteiger partial charge in [-0.25, -0.2) is 0 Å². The summed E-state index contributed by atoms with van der Waals surface area (Å²) in [5.74, 6) is 0.571. The van der Waals surface area contributed by atoms with Gasteiger partial charge in [-0.05, 0) is 30.7 Å². The monoisotopic (exact) mass is 582 g/mol. The minimum absolute atomic E-state index is 0.0992. The fraction of sp³-hybridized carbons (Fsp3) is 0.708. The Bertz CT molecular complexity index is 667. The van der Waals surface area contributed by atoms with Crippen molar-refractivity contribution in [2.45, 2.75) is 102 Å². The number of esters is 1. The maximum atomic E-state index is 11.9. The minimum atomic E-state index is -11.1. The van der Waals surface area contributed by atoms with Crippen LogP contribution in [0.3, 0.4) is 0 Å². The molecule has 0 atom stereocenters. The van der Waals surface area contributed by atoms with Gasteiger partial charge in [0.15, 0.2) is 4.90 Å². The summed E-state index contributed by atoms with van der Waals surface area (Å²) >= 11 is -11.1. The van der Waals surface area contributed by atoms with E-state index < -0.39 is 14.2 Å². The molecule has 34 heavy (non-hydrogen) atoms. The molecule has 10 heteroatoms. The molecule has 0 aromatic heterocycles. The van der Waals surface area contributed by atoms with Crippen LogP contribution in [0.15, 0.2) is 29.2 Å². The first-order valence-electron chi connectivity index (χ1n) is 12.0. The van der Waals surface area contributed by atoms with Crippen molar-refractivity contribution in [3.8, 4) is 5.75 Å². The molecule has 0 amide bonds. The fourth-order valence-electron chi connectivity index (χ4n) is 3.25. The van der Waals surface area contributed by atoms with E-state index in [0.29, 0.717) is 12.2 Å². The van der Waals surface area contributed by atoms with E-state index in [0.717, 1.165) is 12.8 Å². The average molecular weight is 583 g/mol. The van der Waals surface area contributed by atoms with Crippen LogP contribution in [0, 0.1) is 0 Å². The number of ether oxygens (including phenoxy) is 1. The summed E-state index contributed by atoms with van der Waals surface area (Å²) < 4.78 is 64.9. The third-order valence-electron chi connectivity index (χ3n) is 5.01. The van der Waals surface area contributed by atoms with Crippen LogP contribution in [0.2, 0.25) is 0 Å². The van der Waals surface area contributed by atoms with Crippen molar-refractivity contribution >= 4 is 31.0 Å². The van der Waals surface area contributed by atoms with E-state index in [1.165, 1.54) is 75.5 Å². The Balaban J connectivity index is 0.00000135. The summed E-state index contributed by atoms with van der Waals surface area (Å²) in [6.45, 7) is 2.27. The van der Waals surface area contributed by atoms with Crippen molar-refractivity contribution < 1.29 is 30.3 Å². The standard InChI is InChI=1S/C24H41O2S.AsF6/c1-4-5-6-7-8-9-10-11-12-13-14-15-16-17-24(25)26-22-18-20-23(21-19-22)27(2)3;2-1(3,4,5,6)7/h18-21H,4-17H2,1-3H3;/q+1;-1. The normalized spacial score (nSPS) is 13.6. The Kier molecular flexibility index (Phi) is 15.0.